The van der Waals surface area contributed by atoms with Crippen LogP contribution in [0.15, 0.2) is 0 Å². The summed E-state index contributed by atoms with van der Waals surface area (Å²) < 4.78 is 23.3. The van der Waals surface area contributed by atoms with Crippen LogP contribution in [0.25, 0.3) is 0 Å². The molecule has 0 aromatic heterocycles. The standard InChI is InChI=1S/C14H28N2O2S/c1-2-15-14-7-4-3-6-13(14)12-16-8-5-10-19(17,18)11-9-16/h13-15H,2-12H2,1H3. The van der Waals surface area contributed by atoms with Crippen molar-refractivity contribution in [3.63, 3.8) is 0 Å². The minimum Gasteiger partial charge on any atom is -0.314 e. The van der Waals surface area contributed by atoms with Crippen LogP contribution in [0, 0.1) is 5.92 Å². The largest absolute Gasteiger partial charge is 0.314 e. The summed E-state index contributed by atoms with van der Waals surface area (Å²) in [6, 6.07) is 0.638. The first-order valence-electron chi connectivity index (χ1n) is 7.77. The zero-order chi connectivity index (χ0) is 13.7. The van der Waals surface area contributed by atoms with Gasteiger partial charge in [0.1, 0.15) is 0 Å². The van der Waals surface area contributed by atoms with Gasteiger partial charge in [-0.3, -0.25) is 0 Å². The van der Waals surface area contributed by atoms with Gasteiger partial charge in [0.05, 0.1) is 11.5 Å². The van der Waals surface area contributed by atoms with Crippen LogP contribution in [-0.2, 0) is 9.84 Å². The predicted molar refractivity (Wildman–Crippen MR) is 79.1 cm³/mol. The third kappa shape index (κ3) is 4.72. The number of hydrogen-bond donors (Lipinski definition) is 1. The highest BCUT2D eigenvalue weighted by Crippen LogP contribution is 2.25. The van der Waals surface area contributed by atoms with Gasteiger partial charge in [0.2, 0.25) is 0 Å². The number of sulfone groups is 1. The van der Waals surface area contributed by atoms with Gasteiger partial charge in [-0.25, -0.2) is 8.42 Å². The molecule has 0 spiro atoms. The Morgan fingerprint density at radius 2 is 1.89 bits per heavy atom. The van der Waals surface area contributed by atoms with Gasteiger partial charge in [-0.15, -0.1) is 0 Å². The van der Waals surface area contributed by atoms with Crippen molar-refractivity contribution in [3.8, 4) is 0 Å². The fourth-order valence-corrected chi connectivity index (χ4v) is 4.77. The van der Waals surface area contributed by atoms with Crippen LogP contribution < -0.4 is 5.32 Å². The number of rotatable bonds is 4. The molecule has 2 atom stereocenters. The Labute approximate surface area is 117 Å². The molecule has 1 heterocycles. The summed E-state index contributed by atoms with van der Waals surface area (Å²) >= 11 is 0. The Bertz CT molecular complexity index is 368. The first-order chi connectivity index (χ1) is 9.11. The maximum absolute atomic E-state index is 11.6. The molecule has 1 aliphatic heterocycles. The highest BCUT2D eigenvalue weighted by atomic mass is 32.2. The van der Waals surface area contributed by atoms with E-state index in [9.17, 15) is 8.42 Å². The molecule has 2 fully saturated rings. The highest BCUT2D eigenvalue weighted by Gasteiger charge is 2.27. The average Bonchev–Trinajstić information content (AvgIpc) is 2.54. The Morgan fingerprint density at radius 1 is 1.11 bits per heavy atom. The van der Waals surface area contributed by atoms with Crippen molar-refractivity contribution in [1.82, 2.24) is 10.2 Å². The molecule has 1 saturated carbocycles. The van der Waals surface area contributed by atoms with Crippen molar-refractivity contribution in [3.05, 3.63) is 0 Å². The molecule has 2 rings (SSSR count). The zero-order valence-corrected chi connectivity index (χ0v) is 12.9. The van der Waals surface area contributed by atoms with Crippen molar-refractivity contribution >= 4 is 9.84 Å². The zero-order valence-electron chi connectivity index (χ0n) is 12.1. The number of hydrogen-bond acceptors (Lipinski definition) is 4. The minimum atomic E-state index is -2.77. The van der Waals surface area contributed by atoms with Crippen LogP contribution in [0.2, 0.25) is 0 Å². The molecule has 0 amide bonds. The lowest BCUT2D eigenvalue weighted by Crippen LogP contribution is -2.44. The first-order valence-corrected chi connectivity index (χ1v) is 9.59. The molecule has 0 radical (unpaired) electrons. The molecule has 2 aliphatic rings. The molecule has 0 aromatic carbocycles. The first kappa shape index (κ1) is 15.3. The van der Waals surface area contributed by atoms with Crippen LogP contribution in [-0.4, -0.2) is 57.0 Å². The van der Waals surface area contributed by atoms with Gasteiger partial charge in [-0.2, -0.15) is 0 Å². The van der Waals surface area contributed by atoms with E-state index in [4.69, 9.17) is 0 Å². The van der Waals surface area contributed by atoms with Gasteiger partial charge in [0.15, 0.2) is 9.84 Å². The summed E-state index contributed by atoms with van der Waals surface area (Å²) in [7, 11) is -2.77. The van der Waals surface area contributed by atoms with Crippen molar-refractivity contribution in [2.24, 2.45) is 5.92 Å². The Hall–Kier alpha value is -0.130. The van der Waals surface area contributed by atoms with E-state index < -0.39 is 9.84 Å². The SMILES string of the molecule is CCNC1CCCCC1CN1CCCS(=O)(=O)CC1. The molecular formula is C14H28N2O2S. The fraction of sp³-hybridized carbons (Fsp3) is 1.00. The average molecular weight is 288 g/mol. The van der Waals surface area contributed by atoms with Crippen molar-refractivity contribution in [2.45, 2.75) is 45.1 Å². The van der Waals surface area contributed by atoms with Crippen molar-refractivity contribution in [2.75, 3.05) is 37.7 Å². The number of nitrogens with zero attached hydrogens (tertiary/aromatic N) is 1. The second-order valence-electron chi connectivity index (χ2n) is 6.01. The van der Waals surface area contributed by atoms with E-state index in [0.29, 0.717) is 23.5 Å². The Morgan fingerprint density at radius 3 is 2.68 bits per heavy atom. The molecule has 1 saturated heterocycles. The van der Waals surface area contributed by atoms with Gasteiger partial charge >= 0.3 is 0 Å². The molecule has 2 unspecified atom stereocenters. The van der Waals surface area contributed by atoms with Crippen LogP contribution in [0.3, 0.4) is 0 Å². The smallest absolute Gasteiger partial charge is 0.151 e. The molecule has 0 aromatic rings. The highest BCUT2D eigenvalue weighted by molar-refractivity contribution is 7.91. The number of nitrogens with one attached hydrogen (secondary N) is 1. The van der Waals surface area contributed by atoms with Gasteiger partial charge in [0, 0.05) is 19.1 Å². The molecule has 5 heteroatoms. The Kier molecular flexibility index (Phi) is 5.66. The lowest BCUT2D eigenvalue weighted by atomic mass is 9.84. The molecule has 1 N–H and O–H groups in total. The molecule has 19 heavy (non-hydrogen) atoms. The third-order valence-corrected chi connectivity index (χ3v) is 6.23. The molecular weight excluding hydrogens is 260 g/mol. The van der Waals surface area contributed by atoms with E-state index in [1.807, 2.05) is 0 Å². The van der Waals surface area contributed by atoms with Gasteiger partial charge in [-0.1, -0.05) is 19.8 Å². The maximum atomic E-state index is 11.6. The van der Waals surface area contributed by atoms with E-state index in [2.05, 4.69) is 17.1 Å². The second kappa shape index (κ2) is 7.04. The summed E-state index contributed by atoms with van der Waals surface area (Å²) in [4.78, 5) is 2.38. The molecule has 4 nitrogen and oxygen atoms in total. The summed E-state index contributed by atoms with van der Waals surface area (Å²) in [6.07, 6.45) is 6.05. The lowest BCUT2D eigenvalue weighted by Gasteiger charge is -2.35. The van der Waals surface area contributed by atoms with E-state index in [1.165, 1.54) is 25.7 Å². The van der Waals surface area contributed by atoms with Crippen molar-refractivity contribution in [1.29, 1.82) is 0 Å². The summed E-state index contributed by atoms with van der Waals surface area (Å²) in [5, 5.41) is 3.61. The van der Waals surface area contributed by atoms with Crippen LogP contribution in [0.1, 0.15) is 39.0 Å². The van der Waals surface area contributed by atoms with E-state index in [1.54, 1.807) is 0 Å². The molecule has 112 valence electrons. The fourth-order valence-electron chi connectivity index (χ4n) is 3.46. The summed E-state index contributed by atoms with van der Waals surface area (Å²) in [5.74, 6) is 1.44. The summed E-state index contributed by atoms with van der Waals surface area (Å²) in [5.41, 5.74) is 0. The quantitative estimate of drug-likeness (QED) is 0.846. The van der Waals surface area contributed by atoms with E-state index >= 15 is 0 Å². The Balaban J connectivity index is 1.88. The van der Waals surface area contributed by atoms with Gasteiger partial charge < -0.3 is 10.2 Å². The van der Waals surface area contributed by atoms with Crippen LogP contribution in [0.4, 0.5) is 0 Å². The van der Waals surface area contributed by atoms with Crippen LogP contribution >= 0.6 is 0 Å². The van der Waals surface area contributed by atoms with Gasteiger partial charge in [-0.05, 0) is 38.3 Å². The second-order valence-corrected chi connectivity index (χ2v) is 8.32. The van der Waals surface area contributed by atoms with Gasteiger partial charge in [0.25, 0.3) is 0 Å². The maximum Gasteiger partial charge on any atom is 0.151 e. The monoisotopic (exact) mass is 288 g/mol. The summed E-state index contributed by atoms with van der Waals surface area (Å²) in [6.45, 7) is 5.97. The van der Waals surface area contributed by atoms with Crippen molar-refractivity contribution < 1.29 is 8.42 Å². The van der Waals surface area contributed by atoms with E-state index in [-0.39, 0.29) is 0 Å². The molecule has 1 aliphatic carbocycles. The normalized spacial score (nSPS) is 32.9. The van der Waals surface area contributed by atoms with Crippen LogP contribution in [0.5, 0.6) is 0 Å². The third-order valence-electron chi connectivity index (χ3n) is 4.52. The van der Waals surface area contributed by atoms with E-state index in [0.717, 1.165) is 32.6 Å². The predicted octanol–water partition coefficient (Wildman–Crippen LogP) is 1.28. The topological polar surface area (TPSA) is 49.4 Å². The molecule has 0 bridgehead atoms. The lowest BCUT2D eigenvalue weighted by molar-refractivity contribution is 0.176. The minimum absolute atomic E-state index is 0.353.